The van der Waals surface area contributed by atoms with Crippen molar-refractivity contribution in [2.24, 2.45) is 11.1 Å². The molecule has 2 aromatic rings. The maximum atomic E-state index is 13.5. The molecule has 0 aliphatic heterocycles. The number of nitrogens with one attached hydrogen (secondary N) is 4. The lowest BCUT2D eigenvalue weighted by molar-refractivity contribution is -0.134. The number of amides is 5. The van der Waals surface area contributed by atoms with Crippen molar-refractivity contribution in [1.29, 1.82) is 0 Å². The summed E-state index contributed by atoms with van der Waals surface area (Å²) >= 11 is 3.05. The van der Waals surface area contributed by atoms with Crippen molar-refractivity contribution in [2.75, 3.05) is 18.1 Å². The minimum atomic E-state index is -0.878. The lowest BCUT2D eigenvalue weighted by atomic mass is 9.85. The number of benzene rings is 2. The third-order valence-corrected chi connectivity index (χ3v) is 9.38. The molecular weight excluding hydrogens is 667 g/mol. The minimum Gasteiger partial charge on any atom is -0.508 e. The number of aliphatic hydroxyl groups excluding tert-OH is 1. The molecule has 14 heteroatoms. The van der Waals surface area contributed by atoms with Gasteiger partial charge in [0.1, 0.15) is 23.9 Å². The first-order valence-corrected chi connectivity index (χ1v) is 18.5. The number of thioether (sulfide) groups is 2. The summed E-state index contributed by atoms with van der Waals surface area (Å²) in [6.07, 6.45) is -0.504. The second-order valence-corrected chi connectivity index (χ2v) is 15.0. The number of primary amides is 1. The fraction of sp³-hybridized carbons (Fsp3) is 0.514. The van der Waals surface area contributed by atoms with Crippen molar-refractivity contribution in [2.45, 2.75) is 89.6 Å². The van der Waals surface area contributed by atoms with Crippen LogP contribution in [0.2, 0.25) is 0 Å². The predicted octanol–water partition coefficient (Wildman–Crippen LogP) is 2.38. The van der Waals surface area contributed by atoms with Crippen LogP contribution >= 0.6 is 23.5 Å². The van der Waals surface area contributed by atoms with E-state index in [2.05, 4.69) is 27.3 Å². The summed E-state index contributed by atoms with van der Waals surface area (Å²) in [6, 6.07) is 11.8. The maximum absolute atomic E-state index is 13.5. The van der Waals surface area contributed by atoms with Gasteiger partial charge in [-0.1, -0.05) is 57.2 Å². The van der Waals surface area contributed by atoms with Crippen LogP contribution in [0.25, 0.3) is 0 Å². The molecule has 0 fully saturated rings. The van der Waals surface area contributed by atoms with Crippen molar-refractivity contribution in [3.05, 3.63) is 65.2 Å². The lowest BCUT2D eigenvalue weighted by Gasteiger charge is -2.32. The molecule has 0 heterocycles. The van der Waals surface area contributed by atoms with E-state index in [1.165, 1.54) is 30.8 Å². The van der Waals surface area contributed by atoms with E-state index in [0.717, 1.165) is 16.7 Å². The Labute approximate surface area is 297 Å². The standard InChI is InChI=1S/C35H51N5O7S2/c1-6-37-33(46)27(18-23-10-12-26(42)13-11-23)39-34(47)31(35(3,4)5)40-29(43)14-15-48-19-24-8-7-9-25(17-24)20-49-21-28(32(36)45)38-30(44)16-22(2)41/h7-13,17,22,27-28,31,41-42H,6,14-16,18-21H2,1-5H3,(H2,36,45)(H,37,46)(H,38,44)(H,39,47)(H,40,43)/t22-,27+,28-,31?/m1/s1. The Bertz CT molecular complexity index is 1400. The normalized spacial score (nSPS) is 13.8. The molecule has 0 bridgehead atoms. The van der Waals surface area contributed by atoms with Crippen molar-refractivity contribution in [3.63, 3.8) is 0 Å². The van der Waals surface area contributed by atoms with Gasteiger partial charge in [-0.25, -0.2) is 0 Å². The number of aliphatic hydroxyl groups is 1. The van der Waals surface area contributed by atoms with Crippen LogP contribution in [0.3, 0.4) is 0 Å². The summed E-state index contributed by atoms with van der Waals surface area (Å²) < 4.78 is 0. The quantitative estimate of drug-likeness (QED) is 0.101. The molecule has 0 saturated carbocycles. The predicted molar refractivity (Wildman–Crippen MR) is 195 cm³/mol. The summed E-state index contributed by atoms with van der Waals surface area (Å²) in [6.45, 7) is 9.22. The molecule has 0 saturated heterocycles. The Balaban J connectivity index is 1.89. The average molecular weight is 718 g/mol. The van der Waals surface area contributed by atoms with E-state index in [0.29, 0.717) is 29.6 Å². The Hall–Kier alpha value is -3.75. The number of hydrogen-bond donors (Lipinski definition) is 7. The summed E-state index contributed by atoms with van der Waals surface area (Å²) in [5.41, 5.74) is 7.68. The van der Waals surface area contributed by atoms with E-state index in [9.17, 15) is 34.2 Å². The molecule has 12 nitrogen and oxygen atoms in total. The number of rotatable bonds is 20. The minimum absolute atomic E-state index is 0.103. The highest BCUT2D eigenvalue weighted by molar-refractivity contribution is 7.98. The Morgan fingerprint density at radius 2 is 1.47 bits per heavy atom. The fourth-order valence-corrected chi connectivity index (χ4v) is 6.62. The maximum Gasteiger partial charge on any atom is 0.243 e. The van der Waals surface area contributed by atoms with E-state index in [1.54, 1.807) is 30.8 Å². The molecule has 0 radical (unpaired) electrons. The second-order valence-electron chi connectivity index (χ2n) is 12.9. The number of aromatic hydroxyl groups is 1. The first kappa shape index (κ1) is 41.4. The molecule has 5 amide bonds. The fourth-order valence-electron chi connectivity index (χ4n) is 4.71. The third kappa shape index (κ3) is 16.0. The van der Waals surface area contributed by atoms with Gasteiger partial charge < -0.3 is 37.2 Å². The van der Waals surface area contributed by atoms with E-state index in [-0.39, 0.29) is 36.8 Å². The van der Waals surface area contributed by atoms with Crippen LogP contribution in [-0.2, 0) is 41.9 Å². The summed E-state index contributed by atoms with van der Waals surface area (Å²) in [4.78, 5) is 63.0. The van der Waals surface area contributed by atoms with Gasteiger partial charge in [-0.15, -0.1) is 0 Å². The van der Waals surface area contributed by atoms with Crippen LogP contribution in [0, 0.1) is 5.41 Å². The largest absolute Gasteiger partial charge is 0.508 e. The van der Waals surface area contributed by atoms with Crippen LogP contribution in [0.4, 0.5) is 0 Å². The van der Waals surface area contributed by atoms with Crippen molar-refractivity contribution < 1.29 is 34.2 Å². The number of carbonyl (C=O) groups is 5. The highest BCUT2D eigenvalue weighted by Gasteiger charge is 2.35. The van der Waals surface area contributed by atoms with Crippen molar-refractivity contribution in [1.82, 2.24) is 21.3 Å². The molecule has 4 atom stereocenters. The molecule has 2 aromatic carbocycles. The zero-order valence-corrected chi connectivity index (χ0v) is 30.5. The van der Waals surface area contributed by atoms with Gasteiger partial charge in [0.15, 0.2) is 0 Å². The van der Waals surface area contributed by atoms with Crippen LogP contribution in [0.15, 0.2) is 48.5 Å². The molecule has 270 valence electrons. The van der Waals surface area contributed by atoms with Gasteiger partial charge in [0.2, 0.25) is 29.5 Å². The smallest absolute Gasteiger partial charge is 0.243 e. The highest BCUT2D eigenvalue weighted by atomic mass is 32.2. The zero-order valence-electron chi connectivity index (χ0n) is 28.9. The monoisotopic (exact) mass is 717 g/mol. The SMILES string of the molecule is CCNC(=O)[C@H](Cc1ccc(O)cc1)NC(=O)C(NC(=O)CCSCc1cccc(CSC[C@@H](NC(=O)C[C@@H](C)O)C(N)=O)c1)C(C)(C)C. The number of nitrogens with two attached hydrogens (primary N) is 1. The van der Waals surface area contributed by atoms with Gasteiger partial charge in [-0.3, -0.25) is 24.0 Å². The molecule has 49 heavy (non-hydrogen) atoms. The van der Waals surface area contributed by atoms with Crippen LogP contribution in [0.1, 0.15) is 64.2 Å². The van der Waals surface area contributed by atoms with Gasteiger partial charge in [-0.05, 0) is 48.1 Å². The molecule has 1 unspecified atom stereocenters. The van der Waals surface area contributed by atoms with E-state index < -0.39 is 47.4 Å². The molecule has 0 aliphatic rings. The lowest BCUT2D eigenvalue weighted by Crippen LogP contribution is -2.58. The molecule has 0 spiro atoms. The summed E-state index contributed by atoms with van der Waals surface area (Å²) in [7, 11) is 0. The highest BCUT2D eigenvalue weighted by Crippen LogP contribution is 2.22. The van der Waals surface area contributed by atoms with Gasteiger partial charge in [0.05, 0.1) is 12.5 Å². The van der Waals surface area contributed by atoms with E-state index >= 15 is 0 Å². The molecule has 8 N–H and O–H groups in total. The number of carbonyl (C=O) groups excluding carboxylic acids is 5. The van der Waals surface area contributed by atoms with Gasteiger partial charge in [-0.2, -0.15) is 23.5 Å². The number of phenols is 1. The van der Waals surface area contributed by atoms with Crippen LogP contribution in [-0.4, -0.2) is 82.0 Å². The van der Waals surface area contributed by atoms with E-state index in [4.69, 9.17) is 5.73 Å². The Morgan fingerprint density at radius 3 is 2.04 bits per heavy atom. The first-order chi connectivity index (χ1) is 23.1. The van der Waals surface area contributed by atoms with E-state index in [1.807, 2.05) is 39.0 Å². The van der Waals surface area contributed by atoms with Gasteiger partial charge in [0.25, 0.3) is 0 Å². The second kappa shape index (κ2) is 20.7. The molecular formula is C35H51N5O7S2. The topological polar surface area (TPSA) is 200 Å². The Kier molecular flexibility index (Phi) is 17.5. The van der Waals surface area contributed by atoms with Crippen molar-refractivity contribution >= 4 is 53.1 Å². The van der Waals surface area contributed by atoms with Gasteiger partial charge in [0, 0.05) is 42.4 Å². The average Bonchev–Trinajstić information content (AvgIpc) is 3.01. The summed E-state index contributed by atoms with van der Waals surface area (Å²) in [5, 5.41) is 30.0. The summed E-state index contributed by atoms with van der Waals surface area (Å²) in [5.74, 6) is 0.0580. The molecule has 0 aromatic heterocycles. The van der Waals surface area contributed by atoms with Gasteiger partial charge >= 0.3 is 0 Å². The zero-order chi connectivity index (χ0) is 36.6. The number of likely N-dealkylation sites (N-methyl/N-ethyl adjacent to an activating group) is 1. The molecule has 0 aliphatic carbocycles. The third-order valence-electron chi connectivity index (χ3n) is 7.24. The van der Waals surface area contributed by atoms with Crippen molar-refractivity contribution in [3.8, 4) is 5.75 Å². The van der Waals surface area contributed by atoms with Crippen LogP contribution in [0.5, 0.6) is 5.75 Å². The number of hydrogen-bond acceptors (Lipinski definition) is 9. The number of phenolic OH excluding ortho intramolecular Hbond substituents is 1. The molecule has 2 rings (SSSR count). The Morgan fingerprint density at radius 1 is 0.837 bits per heavy atom. The first-order valence-electron chi connectivity index (χ1n) is 16.2. The van der Waals surface area contributed by atoms with Crippen LogP contribution < -0.4 is 27.0 Å².